The Hall–Kier alpha value is -2.03. The van der Waals surface area contributed by atoms with Crippen molar-refractivity contribution in [3.05, 3.63) is 58.5 Å². The van der Waals surface area contributed by atoms with Crippen molar-refractivity contribution in [1.82, 2.24) is 5.32 Å². The van der Waals surface area contributed by atoms with Crippen molar-refractivity contribution in [2.45, 2.75) is 33.7 Å². The molecule has 0 bridgehead atoms. The van der Waals surface area contributed by atoms with Gasteiger partial charge in [0.1, 0.15) is 11.5 Å². The Kier molecular flexibility index (Phi) is 3.74. The maximum Gasteiger partial charge on any atom is 0.252 e. The van der Waals surface area contributed by atoms with Gasteiger partial charge in [0.2, 0.25) is 0 Å². The highest BCUT2D eigenvalue weighted by atomic mass is 16.3. The van der Waals surface area contributed by atoms with Crippen LogP contribution in [0.3, 0.4) is 0 Å². The number of furan rings is 1. The second-order valence-electron chi connectivity index (χ2n) is 4.89. The number of benzene rings is 1. The smallest absolute Gasteiger partial charge is 0.252 e. The zero-order chi connectivity index (χ0) is 14.0. The van der Waals surface area contributed by atoms with E-state index >= 15 is 0 Å². The summed E-state index contributed by atoms with van der Waals surface area (Å²) in [7, 11) is 0. The van der Waals surface area contributed by atoms with Gasteiger partial charge in [-0.1, -0.05) is 12.1 Å². The first-order valence-electron chi connectivity index (χ1n) is 6.42. The SMILES string of the molecule is Cc1ccc(C(C)NC(=O)c2cccc(C)c2C)o1. The first-order chi connectivity index (χ1) is 8.99. The van der Waals surface area contributed by atoms with Crippen molar-refractivity contribution in [1.29, 1.82) is 0 Å². The van der Waals surface area contributed by atoms with Crippen LogP contribution in [-0.2, 0) is 0 Å². The summed E-state index contributed by atoms with van der Waals surface area (Å²) < 4.78 is 5.52. The molecule has 19 heavy (non-hydrogen) atoms. The number of nitrogens with one attached hydrogen (secondary N) is 1. The number of amides is 1. The highest BCUT2D eigenvalue weighted by Crippen LogP contribution is 2.18. The molecule has 2 rings (SSSR count). The van der Waals surface area contributed by atoms with Crippen LogP contribution in [0.1, 0.15) is 46.0 Å². The van der Waals surface area contributed by atoms with Gasteiger partial charge in [0.05, 0.1) is 6.04 Å². The van der Waals surface area contributed by atoms with Crippen LogP contribution in [0.5, 0.6) is 0 Å². The third-order valence-electron chi connectivity index (χ3n) is 3.38. The van der Waals surface area contributed by atoms with Gasteiger partial charge in [0, 0.05) is 5.56 Å². The molecule has 1 aromatic carbocycles. The fourth-order valence-corrected chi connectivity index (χ4v) is 2.03. The van der Waals surface area contributed by atoms with Crippen LogP contribution >= 0.6 is 0 Å². The molecule has 1 unspecified atom stereocenters. The second kappa shape index (κ2) is 5.31. The molecule has 3 nitrogen and oxygen atoms in total. The molecule has 3 heteroatoms. The van der Waals surface area contributed by atoms with Crippen LogP contribution in [0.25, 0.3) is 0 Å². The van der Waals surface area contributed by atoms with Gasteiger partial charge in [-0.3, -0.25) is 4.79 Å². The molecular weight excluding hydrogens is 238 g/mol. The summed E-state index contributed by atoms with van der Waals surface area (Å²) in [5.74, 6) is 1.56. The van der Waals surface area contributed by atoms with Gasteiger partial charge in [-0.05, 0) is 57.0 Å². The Morgan fingerprint density at radius 3 is 2.53 bits per heavy atom. The van der Waals surface area contributed by atoms with Crippen molar-refractivity contribution in [3.63, 3.8) is 0 Å². The topological polar surface area (TPSA) is 42.2 Å². The number of hydrogen-bond donors (Lipinski definition) is 1. The van der Waals surface area contributed by atoms with Gasteiger partial charge < -0.3 is 9.73 Å². The number of aryl methyl sites for hydroxylation is 2. The van der Waals surface area contributed by atoms with Gasteiger partial charge >= 0.3 is 0 Å². The van der Waals surface area contributed by atoms with Crippen LogP contribution in [0.2, 0.25) is 0 Å². The predicted molar refractivity (Wildman–Crippen MR) is 75.2 cm³/mol. The lowest BCUT2D eigenvalue weighted by Gasteiger charge is -2.13. The molecule has 1 aromatic heterocycles. The van der Waals surface area contributed by atoms with E-state index in [0.29, 0.717) is 0 Å². The lowest BCUT2D eigenvalue weighted by atomic mass is 10.0. The molecule has 0 aliphatic carbocycles. The van der Waals surface area contributed by atoms with Crippen LogP contribution in [-0.4, -0.2) is 5.91 Å². The quantitative estimate of drug-likeness (QED) is 0.911. The maximum atomic E-state index is 12.3. The summed E-state index contributed by atoms with van der Waals surface area (Å²) in [4.78, 5) is 12.3. The molecule has 0 radical (unpaired) electrons. The molecule has 2 aromatic rings. The molecule has 0 spiro atoms. The van der Waals surface area contributed by atoms with Crippen molar-refractivity contribution < 1.29 is 9.21 Å². The molecule has 0 aliphatic rings. The minimum absolute atomic E-state index is 0.0669. The molecule has 1 heterocycles. The summed E-state index contributed by atoms with van der Waals surface area (Å²) in [6.45, 7) is 7.78. The van der Waals surface area contributed by atoms with Gasteiger partial charge in [-0.25, -0.2) is 0 Å². The molecule has 1 amide bonds. The molecule has 0 saturated carbocycles. The van der Waals surface area contributed by atoms with Crippen molar-refractivity contribution in [2.75, 3.05) is 0 Å². The average Bonchev–Trinajstić information content (AvgIpc) is 2.79. The van der Waals surface area contributed by atoms with Crippen LogP contribution in [0.15, 0.2) is 34.7 Å². The first kappa shape index (κ1) is 13.4. The minimum atomic E-state index is -0.138. The van der Waals surface area contributed by atoms with Crippen LogP contribution in [0.4, 0.5) is 0 Å². The number of hydrogen-bond acceptors (Lipinski definition) is 2. The summed E-state index contributed by atoms with van der Waals surface area (Å²) in [6.07, 6.45) is 0. The maximum absolute atomic E-state index is 12.3. The second-order valence-corrected chi connectivity index (χ2v) is 4.89. The fraction of sp³-hybridized carbons (Fsp3) is 0.312. The highest BCUT2D eigenvalue weighted by Gasteiger charge is 2.15. The van der Waals surface area contributed by atoms with Gasteiger partial charge in [-0.15, -0.1) is 0 Å². The molecule has 0 saturated heterocycles. The van der Waals surface area contributed by atoms with E-state index in [9.17, 15) is 4.79 Å². The van der Waals surface area contributed by atoms with E-state index in [1.165, 1.54) is 0 Å². The van der Waals surface area contributed by atoms with Crippen molar-refractivity contribution >= 4 is 5.91 Å². The first-order valence-corrected chi connectivity index (χ1v) is 6.42. The van der Waals surface area contributed by atoms with E-state index in [-0.39, 0.29) is 11.9 Å². The number of rotatable bonds is 3. The molecule has 1 atom stereocenters. The Bertz CT molecular complexity index is 599. The highest BCUT2D eigenvalue weighted by molar-refractivity contribution is 5.96. The van der Waals surface area contributed by atoms with Crippen LogP contribution in [0, 0.1) is 20.8 Å². The Morgan fingerprint density at radius 1 is 1.16 bits per heavy atom. The number of carbonyl (C=O) groups excluding carboxylic acids is 1. The third-order valence-corrected chi connectivity index (χ3v) is 3.38. The summed E-state index contributed by atoms with van der Waals surface area (Å²) in [6, 6.07) is 9.41. The summed E-state index contributed by atoms with van der Waals surface area (Å²) in [5, 5.41) is 2.96. The Balaban J connectivity index is 2.15. The van der Waals surface area contributed by atoms with E-state index in [1.54, 1.807) is 0 Å². The van der Waals surface area contributed by atoms with E-state index in [4.69, 9.17) is 4.42 Å². The number of carbonyl (C=O) groups is 1. The lowest BCUT2D eigenvalue weighted by molar-refractivity contribution is 0.0934. The average molecular weight is 257 g/mol. The minimum Gasteiger partial charge on any atom is -0.464 e. The third kappa shape index (κ3) is 2.87. The zero-order valence-corrected chi connectivity index (χ0v) is 11.8. The molecule has 1 N–H and O–H groups in total. The van der Waals surface area contributed by atoms with Gasteiger partial charge in [-0.2, -0.15) is 0 Å². The fourth-order valence-electron chi connectivity index (χ4n) is 2.03. The van der Waals surface area contributed by atoms with E-state index in [2.05, 4.69) is 5.32 Å². The lowest BCUT2D eigenvalue weighted by Crippen LogP contribution is -2.27. The standard InChI is InChI=1S/C16H19NO2/c1-10-6-5-7-14(12(10)3)16(18)17-13(4)15-9-8-11(2)19-15/h5-9,13H,1-4H3,(H,17,18). The van der Waals surface area contributed by atoms with Gasteiger partial charge in [0.25, 0.3) is 5.91 Å². The van der Waals surface area contributed by atoms with E-state index in [0.717, 1.165) is 28.2 Å². The Morgan fingerprint density at radius 2 is 1.89 bits per heavy atom. The van der Waals surface area contributed by atoms with Crippen molar-refractivity contribution in [3.8, 4) is 0 Å². The van der Waals surface area contributed by atoms with Gasteiger partial charge in [0.15, 0.2) is 0 Å². The molecule has 0 fully saturated rings. The normalized spacial score (nSPS) is 12.2. The van der Waals surface area contributed by atoms with E-state index < -0.39 is 0 Å². The van der Waals surface area contributed by atoms with Crippen LogP contribution < -0.4 is 5.32 Å². The van der Waals surface area contributed by atoms with E-state index in [1.807, 2.05) is 58.0 Å². The largest absolute Gasteiger partial charge is 0.464 e. The summed E-state index contributed by atoms with van der Waals surface area (Å²) >= 11 is 0. The molecule has 0 aliphatic heterocycles. The Labute approximate surface area is 113 Å². The predicted octanol–water partition coefficient (Wildman–Crippen LogP) is 3.70. The monoisotopic (exact) mass is 257 g/mol. The summed E-state index contributed by atoms with van der Waals surface area (Å²) in [5.41, 5.74) is 2.85. The molecular formula is C16H19NO2. The van der Waals surface area contributed by atoms with Crippen molar-refractivity contribution in [2.24, 2.45) is 0 Å². The zero-order valence-electron chi connectivity index (χ0n) is 11.8. The molecule has 100 valence electrons.